The highest BCUT2D eigenvalue weighted by molar-refractivity contribution is 6.06. The highest BCUT2D eigenvalue weighted by atomic mass is 16.2. The van der Waals surface area contributed by atoms with Crippen LogP contribution in [-0.2, 0) is 13.6 Å². The molecule has 1 amide bonds. The van der Waals surface area contributed by atoms with Gasteiger partial charge in [-0.1, -0.05) is 48.5 Å². The van der Waals surface area contributed by atoms with E-state index < -0.39 is 0 Å². The molecule has 2 aromatic carbocycles. The van der Waals surface area contributed by atoms with Gasteiger partial charge in [0.2, 0.25) is 0 Å². The largest absolute Gasteiger partial charge is 0.332 e. The molecule has 0 aliphatic heterocycles. The van der Waals surface area contributed by atoms with Crippen LogP contribution >= 0.6 is 0 Å². The molecule has 5 heteroatoms. The van der Waals surface area contributed by atoms with Gasteiger partial charge in [0.1, 0.15) is 5.69 Å². The summed E-state index contributed by atoms with van der Waals surface area (Å²) in [6.07, 6.45) is 1.80. The SMILES string of the molecule is Cn1ccc(NC(=O)c2cc3ccccc3n2Cc2ccccc2)n1. The van der Waals surface area contributed by atoms with Gasteiger partial charge < -0.3 is 9.88 Å². The first-order chi connectivity index (χ1) is 12.2. The molecule has 0 bridgehead atoms. The van der Waals surface area contributed by atoms with Crippen molar-refractivity contribution in [1.29, 1.82) is 0 Å². The Morgan fingerprint density at radius 1 is 1.04 bits per heavy atom. The Morgan fingerprint density at radius 2 is 1.80 bits per heavy atom. The van der Waals surface area contributed by atoms with Crippen molar-refractivity contribution in [2.75, 3.05) is 5.32 Å². The number of carbonyl (C=O) groups excluding carboxylic acids is 1. The molecular formula is C20H18N4O. The van der Waals surface area contributed by atoms with E-state index in [0.717, 1.165) is 16.5 Å². The predicted octanol–water partition coefficient (Wildman–Crippen LogP) is 3.68. The Bertz CT molecular complexity index is 1030. The van der Waals surface area contributed by atoms with E-state index in [1.165, 1.54) is 0 Å². The zero-order chi connectivity index (χ0) is 17.2. The van der Waals surface area contributed by atoms with Crippen LogP contribution in [0.15, 0.2) is 72.9 Å². The number of aromatic nitrogens is 3. The molecule has 0 atom stereocenters. The summed E-state index contributed by atoms with van der Waals surface area (Å²) in [5, 5.41) is 8.14. The molecular weight excluding hydrogens is 312 g/mol. The lowest BCUT2D eigenvalue weighted by Gasteiger charge is -2.10. The van der Waals surface area contributed by atoms with Crippen LogP contribution in [0.2, 0.25) is 0 Å². The van der Waals surface area contributed by atoms with Crippen molar-refractivity contribution in [2.45, 2.75) is 6.54 Å². The molecule has 0 unspecified atom stereocenters. The lowest BCUT2D eigenvalue weighted by Crippen LogP contribution is -2.18. The van der Waals surface area contributed by atoms with E-state index in [-0.39, 0.29) is 5.91 Å². The van der Waals surface area contributed by atoms with Crippen molar-refractivity contribution < 1.29 is 4.79 Å². The molecule has 4 aromatic rings. The van der Waals surface area contributed by atoms with Gasteiger partial charge in [0.15, 0.2) is 5.82 Å². The summed E-state index contributed by atoms with van der Waals surface area (Å²) in [7, 11) is 1.82. The van der Waals surface area contributed by atoms with E-state index in [2.05, 4.69) is 22.5 Å². The number of anilines is 1. The van der Waals surface area contributed by atoms with Gasteiger partial charge in [-0.15, -0.1) is 0 Å². The lowest BCUT2D eigenvalue weighted by molar-refractivity contribution is 0.101. The fourth-order valence-corrected chi connectivity index (χ4v) is 3.00. The van der Waals surface area contributed by atoms with Crippen molar-refractivity contribution in [3.05, 3.63) is 84.2 Å². The van der Waals surface area contributed by atoms with Gasteiger partial charge in [0.05, 0.1) is 0 Å². The number of hydrogen-bond acceptors (Lipinski definition) is 2. The Kier molecular flexibility index (Phi) is 3.82. The van der Waals surface area contributed by atoms with Gasteiger partial charge >= 0.3 is 0 Å². The van der Waals surface area contributed by atoms with Gasteiger partial charge in [0.25, 0.3) is 5.91 Å². The Balaban J connectivity index is 1.74. The summed E-state index contributed by atoms with van der Waals surface area (Å²) in [6, 6.07) is 21.9. The van der Waals surface area contributed by atoms with Crippen LogP contribution in [0.4, 0.5) is 5.82 Å². The summed E-state index contributed by atoms with van der Waals surface area (Å²) in [4.78, 5) is 12.8. The number of nitrogens with one attached hydrogen (secondary N) is 1. The number of aryl methyl sites for hydroxylation is 1. The minimum Gasteiger partial charge on any atom is -0.332 e. The fourth-order valence-electron chi connectivity index (χ4n) is 3.00. The summed E-state index contributed by atoms with van der Waals surface area (Å²) < 4.78 is 3.71. The van der Waals surface area contributed by atoms with Crippen LogP contribution in [0, 0.1) is 0 Å². The first-order valence-electron chi connectivity index (χ1n) is 8.14. The summed E-state index contributed by atoms with van der Waals surface area (Å²) in [6.45, 7) is 0.638. The second kappa shape index (κ2) is 6.28. The third-order valence-electron chi connectivity index (χ3n) is 4.18. The second-order valence-corrected chi connectivity index (χ2v) is 5.99. The molecule has 2 aromatic heterocycles. The third-order valence-corrected chi connectivity index (χ3v) is 4.18. The molecule has 124 valence electrons. The normalized spacial score (nSPS) is 10.9. The monoisotopic (exact) mass is 330 g/mol. The number of hydrogen-bond donors (Lipinski definition) is 1. The van der Waals surface area contributed by atoms with Gasteiger partial charge in [0, 0.05) is 36.8 Å². The molecule has 0 spiro atoms. The molecule has 0 aliphatic rings. The maximum Gasteiger partial charge on any atom is 0.273 e. The van der Waals surface area contributed by atoms with Crippen molar-refractivity contribution in [1.82, 2.24) is 14.3 Å². The Labute approximate surface area is 145 Å². The highest BCUT2D eigenvalue weighted by Gasteiger charge is 2.16. The molecule has 25 heavy (non-hydrogen) atoms. The van der Waals surface area contributed by atoms with Crippen LogP contribution in [0.3, 0.4) is 0 Å². The molecule has 1 N–H and O–H groups in total. The van der Waals surface area contributed by atoms with Crippen molar-refractivity contribution >= 4 is 22.6 Å². The van der Waals surface area contributed by atoms with Gasteiger partial charge in [-0.3, -0.25) is 9.48 Å². The zero-order valence-corrected chi connectivity index (χ0v) is 13.9. The highest BCUT2D eigenvalue weighted by Crippen LogP contribution is 2.22. The molecule has 4 rings (SSSR count). The summed E-state index contributed by atoms with van der Waals surface area (Å²) in [5.74, 6) is 0.384. The fraction of sp³-hybridized carbons (Fsp3) is 0.100. The lowest BCUT2D eigenvalue weighted by atomic mass is 10.2. The number of amides is 1. The minimum absolute atomic E-state index is 0.161. The Morgan fingerprint density at radius 3 is 2.56 bits per heavy atom. The molecule has 0 aliphatic carbocycles. The number of fused-ring (bicyclic) bond motifs is 1. The number of nitrogens with zero attached hydrogens (tertiary/aromatic N) is 3. The average Bonchev–Trinajstić information content (AvgIpc) is 3.20. The second-order valence-electron chi connectivity index (χ2n) is 5.99. The van der Waals surface area contributed by atoms with E-state index in [1.807, 2.05) is 60.1 Å². The number of para-hydroxylation sites is 1. The van der Waals surface area contributed by atoms with Crippen LogP contribution in [0.1, 0.15) is 16.1 Å². The maximum atomic E-state index is 12.8. The van der Waals surface area contributed by atoms with Crippen LogP contribution in [-0.4, -0.2) is 20.3 Å². The van der Waals surface area contributed by atoms with E-state index in [1.54, 1.807) is 16.9 Å². The minimum atomic E-state index is -0.161. The quantitative estimate of drug-likeness (QED) is 0.620. The van der Waals surface area contributed by atoms with Crippen LogP contribution in [0.5, 0.6) is 0 Å². The first kappa shape index (κ1) is 15.2. The molecule has 2 heterocycles. The van der Waals surface area contributed by atoms with Crippen molar-refractivity contribution in [2.24, 2.45) is 7.05 Å². The van der Waals surface area contributed by atoms with Crippen molar-refractivity contribution in [3.63, 3.8) is 0 Å². The van der Waals surface area contributed by atoms with Crippen LogP contribution < -0.4 is 5.32 Å². The maximum absolute atomic E-state index is 12.8. The van der Waals surface area contributed by atoms with Crippen molar-refractivity contribution in [3.8, 4) is 0 Å². The smallest absolute Gasteiger partial charge is 0.273 e. The predicted molar refractivity (Wildman–Crippen MR) is 98.6 cm³/mol. The number of benzene rings is 2. The first-order valence-corrected chi connectivity index (χ1v) is 8.14. The Hall–Kier alpha value is -3.34. The molecule has 0 saturated heterocycles. The van der Waals surface area contributed by atoms with E-state index in [9.17, 15) is 4.79 Å². The number of carbonyl (C=O) groups is 1. The molecule has 0 radical (unpaired) electrons. The van der Waals surface area contributed by atoms with E-state index in [4.69, 9.17) is 0 Å². The number of rotatable bonds is 4. The van der Waals surface area contributed by atoms with E-state index in [0.29, 0.717) is 18.1 Å². The summed E-state index contributed by atoms with van der Waals surface area (Å²) in [5.41, 5.74) is 2.81. The third kappa shape index (κ3) is 3.04. The molecule has 0 fully saturated rings. The average molecular weight is 330 g/mol. The van der Waals surface area contributed by atoms with Gasteiger partial charge in [-0.25, -0.2) is 0 Å². The van der Waals surface area contributed by atoms with Crippen LogP contribution in [0.25, 0.3) is 10.9 Å². The molecule has 5 nitrogen and oxygen atoms in total. The summed E-state index contributed by atoms with van der Waals surface area (Å²) >= 11 is 0. The van der Waals surface area contributed by atoms with E-state index >= 15 is 0 Å². The zero-order valence-electron chi connectivity index (χ0n) is 13.9. The van der Waals surface area contributed by atoms with Gasteiger partial charge in [-0.05, 0) is 17.7 Å². The topological polar surface area (TPSA) is 51.9 Å². The van der Waals surface area contributed by atoms with Gasteiger partial charge in [-0.2, -0.15) is 5.10 Å². The molecule has 0 saturated carbocycles. The standard InChI is InChI=1S/C20H18N4O/c1-23-12-11-19(22-23)21-20(25)18-13-16-9-5-6-10-17(16)24(18)14-15-7-3-2-4-8-15/h2-13H,14H2,1H3,(H,21,22,25).